The van der Waals surface area contributed by atoms with Gasteiger partial charge in [0.1, 0.15) is 5.69 Å². The van der Waals surface area contributed by atoms with Gasteiger partial charge in [-0.1, -0.05) is 30.3 Å². The Morgan fingerprint density at radius 2 is 2.14 bits per heavy atom. The van der Waals surface area contributed by atoms with Crippen LogP contribution in [-0.2, 0) is 11.2 Å². The zero-order chi connectivity index (χ0) is 15.1. The molecule has 22 heavy (non-hydrogen) atoms. The van der Waals surface area contributed by atoms with Gasteiger partial charge in [0.05, 0.1) is 7.11 Å². The van der Waals surface area contributed by atoms with Crippen LogP contribution < -0.4 is 0 Å². The number of esters is 1. The summed E-state index contributed by atoms with van der Waals surface area (Å²) in [6.07, 6.45) is 6.89. The fourth-order valence-electron chi connectivity index (χ4n) is 3.27. The van der Waals surface area contributed by atoms with Gasteiger partial charge in [-0.15, -0.1) is 0 Å². The fraction of sp³-hybridized carbons (Fsp3) is 0.316. The molecule has 0 radical (unpaired) electrons. The SMILES string of the molecule is COC(=O)c1cc2c([nH]1)CCC2=Cc1cccc(C2CC2)c1. The van der Waals surface area contributed by atoms with Gasteiger partial charge in [-0.3, -0.25) is 0 Å². The average molecular weight is 293 g/mol. The lowest BCUT2D eigenvalue weighted by Gasteiger charge is -2.02. The highest BCUT2D eigenvalue weighted by atomic mass is 16.5. The Balaban J connectivity index is 1.66. The van der Waals surface area contributed by atoms with Crippen molar-refractivity contribution in [1.29, 1.82) is 0 Å². The molecule has 112 valence electrons. The van der Waals surface area contributed by atoms with E-state index in [1.54, 1.807) is 0 Å². The van der Waals surface area contributed by atoms with Crippen LogP contribution >= 0.6 is 0 Å². The molecule has 0 saturated heterocycles. The lowest BCUT2D eigenvalue weighted by molar-refractivity contribution is 0.0594. The number of carbonyl (C=O) groups excluding carboxylic acids is 1. The minimum Gasteiger partial charge on any atom is -0.464 e. The van der Waals surface area contributed by atoms with Gasteiger partial charge < -0.3 is 9.72 Å². The van der Waals surface area contributed by atoms with Gasteiger partial charge in [-0.2, -0.15) is 0 Å². The van der Waals surface area contributed by atoms with Gasteiger partial charge >= 0.3 is 5.97 Å². The van der Waals surface area contributed by atoms with Crippen molar-refractivity contribution in [2.45, 2.75) is 31.6 Å². The van der Waals surface area contributed by atoms with E-state index < -0.39 is 0 Å². The van der Waals surface area contributed by atoms with Crippen molar-refractivity contribution in [2.24, 2.45) is 0 Å². The molecular formula is C19H19NO2. The number of hydrogen-bond donors (Lipinski definition) is 1. The molecule has 0 amide bonds. The molecule has 1 aromatic carbocycles. The highest BCUT2D eigenvalue weighted by molar-refractivity contribution is 5.92. The first kappa shape index (κ1) is 13.4. The molecule has 2 aromatic rings. The molecule has 3 heteroatoms. The Labute approximate surface area is 130 Å². The van der Waals surface area contributed by atoms with Crippen LogP contribution in [0.3, 0.4) is 0 Å². The molecule has 2 aliphatic rings. The molecule has 0 bridgehead atoms. The van der Waals surface area contributed by atoms with Crippen molar-refractivity contribution in [1.82, 2.24) is 4.98 Å². The predicted octanol–water partition coefficient (Wildman–Crippen LogP) is 4.17. The Hall–Kier alpha value is -2.29. The summed E-state index contributed by atoms with van der Waals surface area (Å²) in [5.41, 5.74) is 6.87. The highest BCUT2D eigenvalue weighted by Gasteiger charge is 2.24. The standard InChI is InChI=1S/C19H19NO2/c1-22-19(21)18-11-16-15(7-8-17(16)20-18)10-12-3-2-4-14(9-12)13-5-6-13/h2-4,9-11,13,20H,5-8H2,1H3. The number of benzene rings is 1. The van der Waals surface area contributed by atoms with Gasteiger partial charge in [-0.05, 0) is 59.9 Å². The summed E-state index contributed by atoms with van der Waals surface area (Å²) < 4.78 is 4.79. The van der Waals surface area contributed by atoms with Crippen molar-refractivity contribution >= 4 is 17.6 Å². The van der Waals surface area contributed by atoms with Crippen LogP contribution in [0.2, 0.25) is 0 Å². The second-order valence-electron chi connectivity index (χ2n) is 6.18. The second kappa shape index (κ2) is 5.16. The Morgan fingerprint density at radius 3 is 2.91 bits per heavy atom. The largest absolute Gasteiger partial charge is 0.464 e. The summed E-state index contributed by atoms with van der Waals surface area (Å²) in [5.74, 6) is 0.472. The number of methoxy groups -OCH3 is 1. The summed E-state index contributed by atoms with van der Waals surface area (Å²) in [6, 6.07) is 10.8. The predicted molar refractivity (Wildman–Crippen MR) is 86.7 cm³/mol. The van der Waals surface area contributed by atoms with E-state index in [2.05, 4.69) is 35.3 Å². The molecule has 1 N–H and O–H groups in total. The van der Waals surface area contributed by atoms with E-state index in [1.807, 2.05) is 6.07 Å². The average Bonchev–Trinajstić information content (AvgIpc) is 3.21. The van der Waals surface area contributed by atoms with Crippen LogP contribution in [0.15, 0.2) is 30.3 Å². The smallest absolute Gasteiger partial charge is 0.354 e. The van der Waals surface area contributed by atoms with Crippen LogP contribution in [0.1, 0.15) is 58.1 Å². The molecule has 0 aliphatic heterocycles. The Kier molecular flexibility index (Phi) is 3.14. The maximum Gasteiger partial charge on any atom is 0.354 e. The van der Waals surface area contributed by atoms with Crippen molar-refractivity contribution in [3.63, 3.8) is 0 Å². The molecule has 3 nitrogen and oxygen atoms in total. The van der Waals surface area contributed by atoms with Crippen LogP contribution in [0.5, 0.6) is 0 Å². The fourth-order valence-corrected chi connectivity index (χ4v) is 3.27. The number of ether oxygens (including phenoxy) is 1. The van der Waals surface area contributed by atoms with Gasteiger partial charge in [-0.25, -0.2) is 4.79 Å². The first-order chi connectivity index (χ1) is 10.7. The maximum atomic E-state index is 11.6. The summed E-state index contributed by atoms with van der Waals surface area (Å²) in [4.78, 5) is 14.8. The van der Waals surface area contributed by atoms with Crippen LogP contribution in [0.25, 0.3) is 11.6 Å². The zero-order valence-corrected chi connectivity index (χ0v) is 12.7. The minimum atomic E-state index is -0.301. The lowest BCUT2D eigenvalue weighted by Crippen LogP contribution is -2.01. The molecule has 1 aromatic heterocycles. The van der Waals surface area contributed by atoms with E-state index in [4.69, 9.17) is 4.74 Å². The first-order valence-corrected chi connectivity index (χ1v) is 7.85. The molecule has 2 aliphatic carbocycles. The maximum absolute atomic E-state index is 11.6. The van der Waals surface area contributed by atoms with E-state index >= 15 is 0 Å². The number of aryl methyl sites for hydroxylation is 1. The molecule has 4 rings (SSSR count). The number of rotatable bonds is 3. The van der Waals surface area contributed by atoms with E-state index in [0.29, 0.717) is 5.69 Å². The number of nitrogens with one attached hydrogen (secondary N) is 1. The molecule has 1 saturated carbocycles. The monoisotopic (exact) mass is 293 g/mol. The Morgan fingerprint density at radius 1 is 1.27 bits per heavy atom. The number of hydrogen-bond acceptors (Lipinski definition) is 2. The third kappa shape index (κ3) is 2.37. The Bertz CT molecular complexity index is 765. The summed E-state index contributed by atoms with van der Waals surface area (Å²) >= 11 is 0. The molecule has 1 heterocycles. The third-order valence-electron chi connectivity index (χ3n) is 4.60. The molecular weight excluding hydrogens is 274 g/mol. The van der Waals surface area contributed by atoms with Crippen molar-refractivity contribution in [3.8, 4) is 0 Å². The molecule has 0 unspecified atom stereocenters. The highest BCUT2D eigenvalue weighted by Crippen LogP contribution is 2.41. The van der Waals surface area contributed by atoms with Crippen LogP contribution in [-0.4, -0.2) is 18.1 Å². The quantitative estimate of drug-likeness (QED) is 0.863. The number of allylic oxidation sites excluding steroid dienone is 1. The molecule has 0 atom stereocenters. The van der Waals surface area contributed by atoms with Crippen molar-refractivity contribution < 1.29 is 9.53 Å². The number of aromatic amines is 1. The topological polar surface area (TPSA) is 42.1 Å². The van der Waals surface area contributed by atoms with E-state index in [-0.39, 0.29) is 5.97 Å². The number of fused-ring (bicyclic) bond motifs is 1. The van der Waals surface area contributed by atoms with Gasteiger partial charge in [0.25, 0.3) is 0 Å². The van der Waals surface area contributed by atoms with Crippen molar-refractivity contribution in [3.05, 3.63) is 58.4 Å². The second-order valence-corrected chi connectivity index (χ2v) is 6.18. The normalized spacial score (nSPS) is 18.5. The van der Waals surface area contributed by atoms with E-state index in [0.717, 1.165) is 30.0 Å². The van der Waals surface area contributed by atoms with Crippen LogP contribution in [0.4, 0.5) is 0 Å². The number of aromatic nitrogens is 1. The number of carbonyl (C=O) groups is 1. The summed E-state index contributed by atoms with van der Waals surface area (Å²) in [5, 5.41) is 0. The first-order valence-electron chi connectivity index (χ1n) is 7.85. The minimum absolute atomic E-state index is 0.301. The summed E-state index contributed by atoms with van der Waals surface area (Å²) in [7, 11) is 1.41. The van der Waals surface area contributed by atoms with Crippen LogP contribution in [0, 0.1) is 0 Å². The van der Waals surface area contributed by atoms with E-state index in [1.165, 1.54) is 36.7 Å². The van der Waals surface area contributed by atoms with Gasteiger partial charge in [0, 0.05) is 5.69 Å². The van der Waals surface area contributed by atoms with Gasteiger partial charge in [0.15, 0.2) is 0 Å². The third-order valence-corrected chi connectivity index (χ3v) is 4.60. The molecule has 1 fully saturated rings. The van der Waals surface area contributed by atoms with Gasteiger partial charge in [0.2, 0.25) is 0 Å². The molecule has 0 spiro atoms. The summed E-state index contributed by atoms with van der Waals surface area (Å²) in [6.45, 7) is 0. The lowest BCUT2D eigenvalue weighted by atomic mass is 10.0. The van der Waals surface area contributed by atoms with Crippen molar-refractivity contribution in [2.75, 3.05) is 7.11 Å². The van der Waals surface area contributed by atoms with E-state index in [9.17, 15) is 4.79 Å². The number of H-pyrrole nitrogens is 1. The zero-order valence-electron chi connectivity index (χ0n) is 12.7.